The number of alkyl halides is 1. The second kappa shape index (κ2) is 7.09. The number of rotatable bonds is 5. The van der Waals surface area contributed by atoms with Gasteiger partial charge in [0.05, 0.1) is 11.9 Å². The molecule has 0 aliphatic carbocycles. The Hall–Kier alpha value is -0.580. The van der Waals surface area contributed by atoms with Gasteiger partial charge in [0, 0.05) is 6.54 Å². The Morgan fingerprint density at radius 3 is 2.42 bits per heavy atom. The van der Waals surface area contributed by atoms with E-state index in [1.54, 1.807) is 0 Å². The minimum absolute atomic E-state index is 0.0600. The number of halogens is 1. The molecule has 0 spiro atoms. The Kier molecular flexibility index (Phi) is 6.75. The molecule has 0 aliphatic rings. The van der Waals surface area contributed by atoms with Crippen LogP contribution >= 0.6 is 15.9 Å². The number of carbonyl (C=O) groups excluding carboxylic acids is 2. The summed E-state index contributed by atoms with van der Waals surface area (Å²) in [6.45, 7) is 2.69. The summed E-state index contributed by atoms with van der Waals surface area (Å²) in [6.07, 6.45) is 0.901. The SMILES string of the molecule is CCCNC(=O)CNC(=O)CBr. The average molecular weight is 237 g/mol. The van der Waals surface area contributed by atoms with Crippen molar-refractivity contribution in [3.8, 4) is 0 Å². The quantitative estimate of drug-likeness (QED) is 0.662. The monoisotopic (exact) mass is 236 g/mol. The highest BCUT2D eigenvalue weighted by molar-refractivity contribution is 9.09. The number of hydrogen-bond donors (Lipinski definition) is 2. The zero-order valence-electron chi connectivity index (χ0n) is 7.02. The van der Waals surface area contributed by atoms with Gasteiger partial charge in [0.1, 0.15) is 0 Å². The number of amides is 2. The molecule has 2 N–H and O–H groups in total. The molecule has 0 fully saturated rings. The summed E-state index contributed by atoms with van der Waals surface area (Å²) in [6, 6.07) is 0. The van der Waals surface area contributed by atoms with Crippen LogP contribution in [0.2, 0.25) is 0 Å². The lowest BCUT2D eigenvalue weighted by atomic mass is 10.4. The van der Waals surface area contributed by atoms with Gasteiger partial charge in [0.2, 0.25) is 11.8 Å². The second-order valence-electron chi connectivity index (χ2n) is 2.26. The molecule has 70 valence electrons. The van der Waals surface area contributed by atoms with Gasteiger partial charge in [-0.1, -0.05) is 22.9 Å². The van der Waals surface area contributed by atoms with Crippen molar-refractivity contribution in [3.63, 3.8) is 0 Å². The Labute approximate surface area is 80.2 Å². The van der Waals surface area contributed by atoms with Crippen molar-refractivity contribution in [2.45, 2.75) is 13.3 Å². The van der Waals surface area contributed by atoms with Crippen molar-refractivity contribution in [3.05, 3.63) is 0 Å². The van der Waals surface area contributed by atoms with Crippen molar-refractivity contribution >= 4 is 27.7 Å². The fourth-order valence-electron chi connectivity index (χ4n) is 0.553. The molecule has 0 aromatic heterocycles. The van der Waals surface area contributed by atoms with E-state index in [0.29, 0.717) is 6.54 Å². The van der Waals surface area contributed by atoms with Crippen LogP contribution in [0.15, 0.2) is 0 Å². The minimum atomic E-state index is -0.179. The molecule has 0 atom stereocenters. The fraction of sp³-hybridized carbons (Fsp3) is 0.714. The van der Waals surface area contributed by atoms with Crippen molar-refractivity contribution in [2.24, 2.45) is 0 Å². The van der Waals surface area contributed by atoms with Crippen molar-refractivity contribution in [1.29, 1.82) is 0 Å². The molecule has 0 rings (SSSR count). The lowest BCUT2D eigenvalue weighted by molar-refractivity contribution is -0.124. The largest absolute Gasteiger partial charge is 0.355 e. The molecule has 0 unspecified atom stereocenters. The highest BCUT2D eigenvalue weighted by Crippen LogP contribution is 1.77. The van der Waals surface area contributed by atoms with Crippen molar-refractivity contribution in [1.82, 2.24) is 10.6 Å². The smallest absolute Gasteiger partial charge is 0.239 e. The van der Waals surface area contributed by atoms with Crippen LogP contribution in [0.25, 0.3) is 0 Å². The molecular formula is C7H13BrN2O2. The molecule has 12 heavy (non-hydrogen) atoms. The van der Waals surface area contributed by atoms with Gasteiger partial charge in [0.15, 0.2) is 0 Å². The molecule has 0 saturated carbocycles. The standard InChI is InChI=1S/C7H13BrN2O2/c1-2-3-9-7(12)5-10-6(11)4-8/h2-5H2,1H3,(H,9,12)(H,10,11). The van der Waals surface area contributed by atoms with Gasteiger partial charge >= 0.3 is 0 Å². The first-order chi connectivity index (χ1) is 5.70. The number of nitrogens with one attached hydrogen (secondary N) is 2. The van der Waals surface area contributed by atoms with E-state index >= 15 is 0 Å². The summed E-state index contributed by atoms with van der Waals surface area (Å²) in [5, 5.41) is 5.32. The van der Waals surface area contributed by atoms with Crippen LogP contribution in [-0.4, -0.2) is 30.2 Å². The van der Waals surface area contributed by atoms with E-state index in [4.69, 9.17) is 0 Å². The Morgan fingerprint density at radius 1 is 1.25 bits per heavy atom. The third-order valence-corrected chi connectivity index (χ3v) is 1.65. The second-order valence-corrected chi connectivity index (χ2v) is 2.82. The van der Waals surface area contributed by atoms with Gasteiger partial charge in [-0.3, -0.25) is 9.59 Å². The van der Waals surface area contributed by atoms with E-state index in [0.717, 1.165) is 6.42 Å². The van der Waals surface area contributed by atoms with E-state index in [1.165, 1.54) is 0 Å². The van der Waals surface area contributed by atoms with E-state index in [9.17, 15) is 9.59 Å². The molecule has 0 saturated heterocycles. The average Bonchev–Trinajstić information content (AvgIpc) is 2.10. The predicted octanol–water partition coefficient (Wildman–Crippen LogP) is 0.0237. The lowest BCUT2D eigenvalue weighted by Gasteiger charge is -2.03. The summed E-state index contributed by atoms with van der Waals surface area (Å²) in [5.74, 6) is -0.326. The fourth-order valence-corrected chi connectivity index (χ4v) is 0.751. The molecule has 0 radical (unpaired) electrons. The maximum Gasteiger partial charge on any atom is 0.239 e. The maximum absolute atomic E-state index is 10.9. The van der Waals surface area contributed by atoms with Gasteiger partial charge in [-0.25, -0.2) is 0 Å². The molecule has 0 bridgehead atoms. The van der Waals surface area contributed by atoms with Gasteiger partial charge in [-0.2, -0.15) is 0 Å². The number of carbonyl (C=O) groups is 2. The maximum atomic E-state index is 10.9. The highest BCUT2D eigenvalue weighted by Gasteiger charge is 2.01. The molecule has 0 aromatic carbocycles. The van der Waals surface area contributed by atoms with Gasteiger partial charge < -0.3 is 10.6 Å². The normalized spacial score (nSPS) is 9.17. The lowest BCUT2D eigenvalue weighted by Crippen LogP contribution is -2.37. The third kappa shape index (κ3) is 6.15. The third-order valence-electron chi connectivity index (χ3n) is 1.14. The Bertz CT molecular complexity index is 161. The molecule has 0 aliphatic heterocycles. The summed E-state index contributed by atoms with van der Waals surface area (Å²) in [5.41, 5.74) is 0. The van der Waals surface area contributed by atoms with E-state index in [2.05, 4.69) is 26.6 Å². The van der Waals surface area contributed by atoms with Crippen LogP contribution < -0.4 is 10.6 Å². The molecule has 5 heteroatoms. The summed E-state index contributed by atoms with van der Waals surface area (Å²) in [7, 11) is 0. The van der Waals surface area contributed by atoms with Gasteiger partial charge in [-0.05, 0) is 6.42 Å². The first kappa shape index (κ1) is 11.4. The summed E-state index contributed by atoms with van der Waals surface area (Å²) < 4.78 is 0. The first-order valence-electron chi connectivity index (χ1n) is 3.80. The molecule has 0 aromatic rings. The van der Waals surface area contributed by atoms with Crippen LogP contribution in [0.3, 0.4) is 0 Å². The Balaban J connectivity index is 3.37. The van der Waals surface area contributed by atoms with Crippen LogP contribution in [0, 0.1) is 0 Å². The summed E-state index contributed by atoms with van der Waals surface area (Å²) >= 11 is 2.97. The van der Waals surface area contributed by atoms with E-state index in [-0.39, 0.29) is 23.7 Å². The zero-order valence-corrected chi connectivity index (χ0v) is 8.61. The Morgan fingerprint density at radius 2 is 1.92 bits per heavy atom. The van der Waals surface area contributed by atoms with E-state index < -0.39 is 0 Å². The van der Waals surface area contributed by atoms with Gasteiger partial charge in [0.25, 0.3) is 0 Å². The van der Waals surface area contributed by atoms with Crippen LogP contribution in [0.1, 0.15) is 13.3 Å². The predicted molar refractivity (Wildman–Crippen MR) is 50.1 cm³/mol. The van der Waals surface area contributed by atoms with E-state index in [1.807, 2.05) is 6.92 Å². The molecule has 4 nitrogen and oxygen atoms in total. The minimum Gasteiger partial charge on any atom is -0.355 e. The summed E-state index contributed by atoms with van der Waals surface area (Å²) in [4.78, 5) is 21.5. The molecule has 0 heterocycles. The van der Waals surface area contributed by atoms with Crippen molar-refractivity contribution in [2.75, 3.05) is 18.4 Å². The topological polar surface area (TPSA) is 58.2 Å². The first-order valence-corrected chi connectivity index (χ1v) is 4.92. The number of hydrogen-bond acceptors (Lipinski definition) is 2. The van der Waals surface area contributed by atoms with Crippen LogP contribution in [0.5, 0.6) is 0 Å². The zero-order chi connectivity index (χ0) is 9.40. The van der Waals surface area contributed by atoms with Gasteiger partial charge in [-0.15, -0.1) is 0 Å². The molecule has 2 amide bonds. The van der Waals surface area contributed by atoms with Crippen molar-refractivity contribution < 1.29 is 9.59 Å². The van der Waals surface area contributed by atoms with Crippen LogP contribution in [-0.2, 0) is 9.59 Å². The highest BCUT2D eigenvalue weighted by atomic mass is 79.9. The molecular weight excluding hydrogens is 224 g/mol. The van der Waals surface area contributed by atoms with Crippen LogP contribution in [0.4, 0.5) is 0 Å².